The molecule has 0 bridgehead atoms. The highest BCUT2D eigenvalue weighted by Crippen LogP contribution is 2.23. The Morgan fingerprint density at radius 1 is 1.29 bits per heavy atom. The fourth-order valence-electron chi connectivity index (χ4n) is 1.92. The van der Waals surface area contributed by atoms with Gasteiger partial charge in [0.1, 0.15) is 11.4 Å². The Morgan fingerprint density at radius 2 is 1.81 bits per heavy atom. The van der Waals surface area contributed by atoms with Gasteiger partial charge in [-0.05, 0) is 35.4 Å². The molecule has 0 aliphatic carbocycles. The second-order valence-electron chi connectivity index (χ2n) is 6.75. The van der Waals surface area contributed by atoms with Crippen LogP contribution in [0.4, 0.5) is 0 Å². The Bertz CT molecular complexity index is 466. The van der Waals surface area contributed by atoms with Gasteiger partial charge in [-0.2, -0.15) is 4.72 Å². The molecule has 118 valence electrons. The average Bonchev–Trinajstić information content (AvgIpc) is 2.36. The summed E-state index contributed by atoms with van der Waals surface area (Å²) in [5.41, 5.74) is 6.98. The zero-order chi connectivity index (χ0) is 16.2. The summed E-state index contributed by atoms with van der Waals surface area (Å²) in [5, 5.41) is 0. The van der Waals surface area contributed by atoms with E-state index in [4.69, 9.17) is 5.73 Å². The smallest absolute Gasteiger partial charge is 0.278 e. The van der Waals surface area contributed by atoms with Crippen molar-refractivity contribution in [2.24, 2.45) is 11.7 Å². The van der Waals surface area contributed by atoms with Gasteiger partial charge in [0.05, 0.1) is 6.04 Å². The third kappa shape index (κ3) is 5.69. The molecular weight excluding hydrogens is 284 g/mol. The van der Waals surface area contributed by atoms with Crippen molar-refractivity contribution in [1.29, 1.82) is 0 Å². The molecule has 0 aromatic heterocycles. The first-order valence-electron chi connectivity index (χ1n) is 7.19. The summed E-state index contributed by atoms with van der Waals surface area (Å²) < 4.78 is 14.6. The molecule has 0 heterocycles. The van der Waals surface area contributed by atoms with E-state index in [1.807, 2.05) is 26.0 Å². The molecule has 0 saturated heterocycles. The van der Waals surface area contributed by atoms with Crippen molar-refractivity contribution in [3.8, 4) is 0 Å². The maximum Gasteiger partial charge on any atom is 0.278 e. The zero-order valence-corrected chi connectivity index (χ0v) is 14.3. The number of carbonyl (C=O) groups is 1. The summed E-state index contributed by atoms with van der Waals surface area (Å²) in [6.45, 7) is 10.3. The van der Waals surface area contributed by atoms with Crippen LogP contribution < -0.4 is 10.5 Å². The zero-order valence-electron chi connectivity index (χ0n) is 13.5. The maximum atomic E-state index is 12.1. The third-order valence-electron chi connectivity index (χ3n) is 3.19. The van der Waals surface area contributed by atoms with Crippen LogP contribution in [-0.2, 0) is 21.6 Å². The van der Waals surface area contributed by atoms with E-state index in [-0.39, 0.29) is 11.3 Å². The quantitative estimate of drug-likeness (QED) is 0.820. The Hall–Kier alpha value is -1.04. The molecule has 3 N–H and O–H groups in total. The van der Waals surface area contributed by atoms with E-state index < -0.39 is 17.4 Å². The summed E-state index contributed by atoms with van der Waals surface area (Å²) in [6.07, 6.45) is 0.575. The first kappa shape index (κ1) is 18.0. The van der Waals surface area contributed by atoms with Gasteiger partial charge in [0.15, 0.2) is 4.90 Å². The molecular formula is C16H26N2O2S. The van der Waals surface area contributed by atoms with Crippen LogP contribution in [-0.4, -0.2) is 16.5 Å². The molecule has 4 nitrogen and oxygen atoms in total. The number of amides is 1. The number of benzene rings is 1. The summed E-state index contributed by atoms with van der Waals surface area (Å²) in [4.78, 5) is 12.4. The van der Waals surface area contributed by atoms with Crippen LogP contribution in [0.2, 0.25) is 0 Å². The molecule has 5 heteroatoms. The number of carbonyl (C=O) groups excluding carboxylic acids is 1. The SMILES string of the molecule is CC(C)CC(N)C(=O)N[S+]([O-])c1ccc(C(C)(C)C)cc1. The van der Waals surface area contributed by atoms with Crippen LogP contribution >= 0.6 is 0 Å². The normalized spacial score (nSPS) is 14.9. The number of hydrogen-bond acceptors (Lipinski definition) is 3. The fraction of sp³-hybridized carbons (Fsp3) is 0.562. The van der Waals surface area contributed by atoms with E-state index in [1.54, 1.807) is 12.1 Å². The molecule has 1 rings (SSSR count). The number of nitrogens with one attached hydrogen (secondary N) is 1. The van der Waals surface area contributed by atoms with Crippen molar-refractivity contribution in [3.63, 3.8) is 0 Å². The lowest BCUT2D eigenvalue weighted by molar-refractivity contribution is -0.120. The Morgan fingerprint density at radius 3 is 2.24 bits per heavy atom. The molecule has 1 aromatic rings. The molecule has 1 aromatic carbocycles. The molecule has 0 fully saturated rings. The second-order valence-corrected chi connectivity index (χ2v) is 7.96. The predicted molar refractivity (Wildman–Crippen MR) is 87.1 cm³/mol. The molecule has 1 amide bonds. The van der Waals surface area contributed by atoms with Crippen molar-refractivity contribution in [1.82, 2.24) is 4.72 Å². The van der Waals surface area contributed by atoms with E-state index in [2.05, 4.69) is 25.5 Å². The minimum atomic E-state index is -1.56. The predicted octanol–water partition coefficient (Wildman–Crippen LogP) is 2.50. The van der Waals surface area contributed by atoms with Gasteiger partial charge in [-0.15, -0.1) is 0 Å². The van der Waals surface area contributed by atoms with E-state index in [0.29, 0.717) is 17.2 Å². The van der Waals surface area contributed by atoms with Gasteiger partial charge in [-0.3, -0.25) is 4.79 Å². The minimum Gasteiger partial charge on any atom is -0.588 e. The summed E-state index contributed by atoms with van der Waals surface area (Å²) in [7, 11) is 0. The Labute approximate surface area is 130 Å². The van der Waals surface area contributed by atoms with Gasteiger partial charge < -0.3 is 10.3 Å². The van der Waals surface area contributed by atoms with E-state index in [9.17, 15) is 9.35 Å². The van der Waals surface area contributed by atoms with Gasteiger partial charge in [-0.1, -0.05) is 46.8 Å². The lowest BCUT2D eigenvalue weighted by Crippen LogP contribution is -2.43. The standard InChI is InChI=1S/C16H26N2O2S/c1-11(2)10-14(17)15(19)18-21(20)13-8-6-12(7-9-13)16(3,4)5/h6-9,11,14H,10,17H2,1-5H3,(H,18,19). The van der Waals surface area contributed by atoms with E-state index in [0.717, 1.165) is 5.56 Å². The third-order valence-corrected chi connectivity index (χ3v) is 4.28. The highest BCUT2D eigenvalue weighted by Gasteiger charge is 2.22. The second kappa shape index (κ2) is 7.29. The van der Waals surface area contributed by atoms with Gasteiger partial charge in [0, 0.05) is 0 Å². The first-order valence-corrected chi connectivity index (χ1v) is 8.34. The monoisotopic (exact) mass is 310 g/mol. The Kier molecular flexibility index (Phi) is 6.25. The van der Waals surface area contributed by atoms with E-state index >= 15 is 0 Å². The Balaban J connectivity index is 2.67. The van der Waals surface area contributed by atoms with Crippen molar-refractivity contribution in [2.75, 3.05) is 0 Å². The molecule has 0 radical (unpaired) electrons. The molecule has 0 saturated carbocycles. The minimum absolute atomic E-state index is 0.0445. The molecule has 2 atom stereocenters. The summed E-state index contributed by atoms with van der Waals surface area (Å²) in [5.74, 6) is -0.0489. The average molecular weight is 310 g/mol. The summed E-state index contributed by atoms with van der Waals surface area (Å²) >= 11 is -1.56. The van der Waals surface area contributed by atoms with Crippen LogP contribution in [0.1, 0.15) is 46.6 Å². The lowest BCUT2D eigenvalue weighted by Gasteiger charge is -2.19. The highest BCUT2D eigenvalue weighted by atomic mass is 32.2. The molecule has 2 unspecified atom stereocenters. The van der Waals surface area contributed by atoms with Crippen LogP contribution in [0.15, 0.2) is 29.2 Å². The van der Waals surface area contributed by atoms with Crippen LogP contribution in [0.3, 0.4) is 0 Å². The topological polar surface area (TPSA) is 78.2 Å². The van der Waals surface area contributed by atoms with Crippen molar-refractivity contribution in [2.45, 2.75) is 57.4 Å². The van der Waals surface area contributed by atoms with E-state index in [1.165, 1.54) is 0 Å². The number of hydrogen-bond donors (Lipinski definition) is 2. The summed E-state index contributed by atoms with van der Waals surface area (Å²) in [6, 6.07) is 6.82. The van der Waals surface area contributed by atoms with Crippen LogP contribution in [0.5, 0.6) is 0 Å². The molecule has 0 aliphatic rings. The molecule has 0 aliphatic heterocycles. The van der Waals surface area contributed by atoms with Crippen molar-refractivity contribution >= 4 is 17.3 Å². The van der Waals surface area contributed by atoms with Gasteiger partial charge >= 0.3 is 0 Å². The number of rotatable bonds is 5. The van der Waals surface area contributed by atoms with Gasteiger partial charge in [0.2, 0.25) is 0 Å². The highest BCUT2D eigenvalue weighted by molar-refractivity contribution is 7.90. The first-order chi connectivity index (χ1) is 9.61. The van der Waals surface area contributed by atoms with Gasteiger partial charge in [-0.25, -0.2) is 0 Å². The molecule has 21 heavy (non-hydrogen) atoms. The van der Waals surface area contributed by atoms with Crippen molar-refractivity contribution in [3.05, 3.63) is 29.8 Å². The fourth-order valence-corrected chi connectivity index (χ4v) is 2.75. The maximum absolute atomic E-state index is 12.1. The number of nitrogens with two attached hydrogens (primary N) is 1. The lowest BCUT2D eigenvalue weighted by atomic mass is 9.87. The van der Waals surface area contributed by atoms with Crippen LogP contribution in [0, 0.1) is 5.92 Å². The van der Waals surface area contributed by atoms with Crippen LogP contribution in [0.25, 0.3) is 0 Å². The largest absolute Gasteiger partial charge is 0.588 e. The van der Waals surface area contributed by atoms with Gasteiger partial charge in [0.25, 0.3) is 5.91 Å². The van der Waals surface area contributed by atoms with Crippen molar-refractivity contribution < 1.29 is 9.35 Å². The molecule has 0 spiro atoms.